The number of ether oxygens (including phenoxy) is 1. The van der Waals surface area contributed by atoms with Gasteiger partial charge in [0.05, 0.1) is 6.42 Å². The van der Waals surface area contributed by atoms with Crippen LogP contribution in [0.5, 0.6) is 5.75 Å². The lowest BCUT2D eigenvalue weighted by Gasteiger charge is -2.15. The van der Waals surface area contributed by atoms with Crippen LogP contribution in [0.2, 0.25) is 0 Å². The molecule has 1 fully saturated rings. The van der Waals surface area contributed by atoms with Gasteiger partial charge in [-0.05, 0) is 49.6 Å². The van der Waals surface area contributed by atoms with Crippen LogP contribution in [-0.2, 0) is 16.0 Å². The van der Waals surface area contributed by atoms with Crippen molar-refractivity contribution in [1.82, 2.24) is 4.90 Å². The van der Waals surface area contributed by atoms with E-state index in [1.165, 1.54) is 0 Å². The number of aryl methyl sites for hydroxylation is 1. The molecular weight excluding hydrogens is 328 g/mol. The van der Waals surface area contributed by atoms with Crippen molar-refractivity contribution < 1.29 is 14.3 Å². The molecule has 3 rings (SSSR count). The number of carbonyl (C=O) groups is 2. The fourth-order valence-electron chi connectivity index (χ4n) is 2.94. The number of hydrogen-bond donors (Lipinski definition) is 1. The van der Waals surface area contributed by atoms with E-state index < -0.39 is 0 Å². The van der Waals surface area contributed by atoms with Crippen LogP contribution in [0.4, 0.5) is 5.69 Å². The lowest BCUT2D eigenvalue weighted by Crippen LogP contribution is -2.29. The number of nitrogens with zero attached hydrogens (tertiary/aromatic N) is 1. The van der Waals surface area contributed by atoms with Gasteiger partial charge in [0.25, 0.3) is 5.91 Å². The summed E-state index contributed by atoms with van der Waals surface area (Å²) >= 11 is 0. The molecule has 136 valence electrons. The van der Waals surface area contributed by atoms with Crippen molar-refractivity contribution in [3.05, 3.63) is 59.7 Å². The second kappa shape index (κ2) is 8.52. The maximum Gasteiger partial charge on any atom is 0.262 e. The predicted molar refractivity (Wildman–Crippen MR) is 101 cm³/mol. The van der Waals surface area contributed by atoms with E-state index in [-0.39, 0.29) is 18.4 Å². The fourth-order valence-corrected chi connectivity index (χ4v) is 2.94. The van der Waals surface area contributed by atoms with Crippen LogP contribution in [0, 0.1) is 6.92 Å². The van der Waals surface area contributed by atoms with Gasteiger partial charge in [0.2, 0.25) is 5.91 Å². The van der Waals surface area contributed by atoms with E-state index >= 15 is 0 Å². The normalized spacial score (nSPS) is 13.5. The molecule has 0 radical (unpaired) electrons. The van der Waals surface area contributed by atoms with Crippen LogP contribution in [0.1, 0.15) is 24.0 Å². The van der Waals surface area contributed by atoms with Crippen LogP contribution in [0.3, 0.4) is 0 Å². The summed E-state index contributed by atoms with van der Waals surface area (Å²) in [5.74, 6) is 0.624. The molecule has 0 atom stereocenters. The molecule has 2 aromatic rings. The molecule has 0 aromatic heterocycles. The Balaban J connectivity index is 1.46. The van der Waals surface area contributed by atoms with Gasteiger partial charge >= 0.3 is 0 Å². The summed E-state index contributed by atoms with van der Waals surface area (Å²) in [6.07, 6.45) is 2.60. The zero-order valence-corrected chi connectivity index (χ0v) is 15.0. The van der Waals surface area contributed by atoms with E-state index in [4.69, 9.17) is 4.74 Å². The van der Waals surface area contributed by atoms with Crippen molar-refractivity contribution in [1.29, 1.82) is 0 Å². The van der Waals surface area contributed by atoms with Gasteiger partial charge in [0.1, 0.15) is 5.75 Å². The van der Waals surface area contributed by atoms with E-state index in [0.29, 0.717) is 17.9 Å². The average molecular weight is 352 g/mol. The van der Waals surface area contributed by atoms with E-state index in [1.54, 1.807) is 0 Å². The Morgan fingerprint density at radius 2 is 1.65 bits per heavy atom. The quantitative estimate of drug-likeness (QED) is 0.869. The highest BCUT2D eigenvalue weighted by molar-refractivity contribution is 5.92. The summed E-state index contributed by atoms with van der Waals surface area (Å²) < 4.78 is 5.47. The summed E-state index contributed by atoms with van der Waals surface area (Å²) in [5.41, 5.74) is 2.79. The Kier molecular flexibility index (Phi) is 5.89. The van der Waals surface area contributed by atoms with Crippen molar-refractivity contribution in [2.24, 2.45) is 0 Å². The first-order valence-corrected chi connectivity index (χ1v) is 8.96. The molecule has 1 aliphatic rings. The van der Waals surface area contributed by atoms with Crippen LogP contribution in [-0.4, -0.2) is 36.4 Å². The SMILES string of the molecule is Cc1ccc(OCC(=O)Nc2ccc(CC(=O)N3CCCC3)cc2)cc1. The standard InChI is InChI=1S/C21H24N2O3/c1-16-4-10-19(11-5-16)26-15-20(24)22-18-8-6-17(7-9-18)14-21(25)23-12-2-3-13-23/h4-11H,2-3,12-15H2,1H3,(H,22,24). The van der Waals surface area contributed by atoms with Crippen LogP contribution in [0.25, 0.3) is 0 Å². The number of rotatable bonds is 6. The maximum absolute atomic E-state index is 12.2. The minimum absolute atomic E-state index is 0.0434. The first kappa shape index (κ1) is 18.0. The molecule has 0 aliphatic carbocycles. The van der Waals surface area contributed by atoms with E-state index in [9.17, 15) is 9.59 Å². The third-order valence-electron chi connectivity index (χ3n) is 4.44. The van der Waals surface area contributed by atoms with Crippen molar-refractivity contribution in [3.63, 3.8) is 0 Å². The first-order chi connectivity index (χ1) is 12.6. The topological polar surface area (TPSA) is 58.6 Å². The number of anilines is 1. The number of nitrogens with one attached hydrogen (secondary N) is 1. The molecule has 0 spiro atoms. The highest BCUT2D eigenvalue weighted by Crippen LogP contribution is 2.14. The molecule has 5 heteroatoms. The smallest absolute Gasteiger partial charge is 0.262 e. The van der Waals surface area contributed by atoms with Gasteiger partial charge in [-0.25, -0.2) is 0 Å². The first-order valence-electron chi connectivity index (χ1n) is 8.96. The molecule has 2 amide bonds. The minimum atomic E-state index is -0.216. The molecule has 1 heterocycles. The van der Waals surface area contributed by atoms with Crippen LogP contribution >= 0.6 is 0 Å². The van der Waals surface area contributed by atoms with Gasteiger partial charge in [-0.1, -0.05) is 29.8 Å². The second-order valence-corrected chi connectivity index (χ2v) is 6.61. The van der Waals surface area contributed by atoms with Gasteiger partial charge in [-0.2, -0.15) is 0 Å². The number of amides is 2. The van der Waals surface area contributed by atoms with Gasteiger partial charge in [0.15, 0.2) is 6.61 Å². The van der Waals surface area contributed by atoms with Crippen LogP contribution in [0.15, 0.2) is 48.5 Å². The zero-order valence-electron chi connectivity index (χ0n) is 15.0. The van der Waals surface area contributed by atoms with E-state index in [2.05, 4.69) is 5.32 Å². The summed E-state index contributed by atoms with van der Waals surface area (Å²) in [7, 11) is 0. The molecule has 0 saturated carbocycles. The number of hydrogen-bond acceptors (Lipinski definition) is 3. The highest BCUT2D eigenvalue weighted by atomic mass is 16.5. The molecule has 0 unspecified atom stereocenters. The fraction of sp³-hybridized carbons (Fsp3) is 0.333. The molecule has 1 N–H and O–H groups in total. The summed E-state index contributed by atoms with van der Waals surface area (Å²) in [6.45, 7) is 3.69. The van der Waals surface area contributed by atoms with Gasteiger partial charge in [-0.15, -0.1) is 0 Å². The molecule has 5 nitrogen and oxygen atoms in total. The monoisotopic (exact) mass is 352 g/mol. The van der Waals surface area contributed by atoms with Gasteiger partial charge in [0, 0.05) is 18.8 Å². The van der Waals surface area contributed by atoms with Crippen molar-refractivity contribution in [3.8, 4) is 5.75 Å². The Labute approximate surface area is 154 Å². The van der Waals surface area contributed by atoms with E-state index in [0.717, 1.165) is 37.1 Å². The highest BCUT2D eigenvalue weighted by Gasteiger charge is 2.17. The lowest BCUT2D eigenvalue weighted by molar-refractivity contribution is -0.129. The Morgan fingerprint density at radius 3 is 2.31 bits per heavy atom. The largest absolute Gasteiger partial charge is 0.484 e. The van der Waals surface area contributed by atoms with E-state index in [1.807, 2.05) is 60.4 Å². The Morgan fingerprint density at radius 1 is 1.00 bits per heavy atom. The maximum atomic E-state index is 12.2. The Hall–Kier alpha value is -2.82. The predicted octanol–water partition coefficient (Wildman–Crippen LogP) is 3.18. The molecule has 26 heavy (non-hydrogen) atoms. The minimum Gasteiger partial charge on any atom is -0.484 e. The van der Waals surface area contributed by atoms with Crippen molar-refractivity contribution in [2.45, 2.75) is 26.2 Å². The molecule has 1 aliphatic heterocycles. The average Bonchev–Trinajstić information content (AvgIpc) is 3.18. The Bertz CT molecular complexity index is 748. The summed E-state index contributed by atoms with van der Waals surface area (Å²) in [6, 6.07) is 15.0. The molecule has 2 aromatic carbocycles. The second-order valence-electron chi connectivity index (χ2n) is 6.61. The third-order valence-corrected chi connectivity index (χ3v) is 4.44. The van der Waals surface area contributed by atoms with Crippen molar-refractivity contribution >= 4 is 17.5 Å². The number of carbonyl (C=O) groups excluding carboxylic acids is 2. The molecular formula is C21H24N2O3. The zero-order chi connectivity index (χ0) is 18.4. The summed E-state index contributed by atoms with van der Waals surface area (Å²) in [4.78, 5) is 26.1. The van der Waals surface area contributed by atoms with Crippen molar-refractivity contribution in [2.75, 3.05) is 25.0 Å². The lowest BCUT2D eigenvalue weighted by atomic mass is 10.1. The molecule has 1 saturated heterocycles. The number of benzene rings is 2. The van der Waals surface area contributed by atoms with Gasteiger partial charge < -0.3 is 15.0 Å². The van der Waals surface area contributed by atoms with Gasteiger partial charge in [-0.3, -0.25) is 9.59 Å². The third kappa shape index (κ3) is 5.09. The number of likely N-dealkylation sites (tertiary alicyclic amines) is 1. The summed E-state index contributed by atoms with van der Waals surface area (Å²) in [5, 5.41) is 2.80. The van der Waals surface area contributed by atoms with Crippen LogP contribution < -0.4 is 10.1 Å². The molecule has 0 bridgehead atoms.